The van der Waals surface area contributed by atoms with Crippen LogP contribution in [0, 0.1) is 23.5 Å². The van der Waals surface area contributed by atoms with Gasteiger partial charge in [0.1, 0.15) is 0 Å². The highest BCUT2D eigenvalue weighted by molar-refractivity contribution is 5.18. The first-order valence-corrected chi connectivity index (χ1v) is 6.79. The van der Waals surface area contributed by atoms with E-state index in [1.807, 2.05) is 0 Å². The molecule has 1 atom stereocenters. The average molecular weight is 271 g/mol. The molecule has 0 amide bonds. The van der Waals surface area contributed by atoms with Crippen LogP contribution in [0.3, 0.4) is 0 Å². The molecular formula is C15H23F2NO. The van der Waals surface area contributed by atoms with Crippen LogP contribution in [0.1, 0.15) is 32.3 Å². The fourth-order valence-corrected chi connectivity index (χ4v) is 2.25. The van der Waals surface area contributed by atoms with E-state index < -0.39 is 11.6 Å². The largest absolute Gasteiger partial charge is 0.396 e. The Kier molecular flexibility index (Phi) is 6.95. The number of aliphatic hydroxyl groups is 1. The maximum absolute atomic E-state index is 13.4. The van der Waals surface area contributed by atoms with Gasteiger partial charge in [0.2, 0.25) is 0 Å². The number of nitrogens with one attached hydrogen (secondary N) is 1. The molecule has 2 N–H and O–H groups in total. The molecule has 2 nitrogen and oxygen atoms in total. The van der Waals surface area contributed by atoms with Crippen molar-refractivity contribution in [3.63, 3.8) is 0 Å². The van der Waals surface area contributed by atoms with Gasteiger partial charge in [-0.05, 0) is 37.3 Å². The van der Waals surface area contributed by atoms with Crippen molar-refractivity contribution in [3.8, 4) is 0 Å². The molecule has 0 saturated heterocycles. The first kappa shape index (κ1) is 16.1. The summed E-state index contributed by atoms with van der Waals surface area (Å²) < 4.78 is 26.5. The Morgan fingerprint density at radius 3 is 2.63 bits per heavy atom. The van der Waals surface area contributed by atoms with Gasteiger partial charge in [-0.1, -0.05) is 26.0 Å². The highest BCUT2D eigenvalue weighted by Gasteiger charge is 2.11. The molecule has 0 aliphatic carbocycles. The third-order valence-corrected chi connectivity index (χ3v) is 3.12. The van der Waals surface area contributed by atoms with E-state index in [1.165, 1.54) is 6.07 Å². The quantitative estimate of drug-likeness (QED) is 0.761. The van der Waals surface area contributed by atoms with E-state index in [2.05, 4.69) is 19.2 Å². The molecule has 1 rings (SSSR count). The smallest absolute Gasteiger partial charge is 0.163 e. The maximum atomic E-state index is 13.4. The van der Waals surface area contributed by atoms with Gasteiger partial charge >= 0.3 is 0 Å². The van der Waals surface area contributed by atoms with E-state index in [0.717, 1.165) is 18.9 Å². The number of rotatable bonds is 8. The summed E-state index contributed by atoms with van der Waals surface area (Å²) in [5.74, 6) is -0.670. The third kappa shape index (κ3) is 5.66. The number of benzene rings is 1. The van der Waals surface area contributed by atoms with E-state index in [4.69, 9.17) is 5.11 Å². The Morgan fingerprint density at radius 1 is 1.26 bits per heavy atom. The average Bonchev–Trinajstić information content (AvgIpc) is 2.34. The molecule has 0 saturated carbocycles. The van der Waals surface area contributed by atoms with E-state index in [0.29, 0.717) is 30.5 Å². The van der Waals surface area contributed by atoms with Gasteiger partial charge in [0.25, 0.3) is 0 Å². The van der Waals surface area contributed by atoms with E-state index >= 15 is 0 Å². The zero-order chi connectivity index (χ0) is 14.3. The van der Waals surface area contributed by atoms with E-state index in [9.17, 15) is 8.78 Å². The number of aliphatic hydroxyl groups excluding tert-OH is 1. The SMILES string of the molecule is CC(C)CC(CCO)CNCc1cccc(F)c1F. The second kappa shape index (κ2) is 8.23. The molecule has 0 spiro atoms. The Hall–Kier alpha value is -1.00. The van der Waals surface area contributed by atoms with Crippen molar-refractivity contribution >= 4 is 0 Å². The van der Waals surface area contributed by atoms with Crippen molar-refractivity contribution in [1.29, 1.82) is 0 Å². The molecule has 0 bridgehead atoms. The van der Waals surface area contributed by atoms with Gasteiger partial charge in [0, 0.05) is 18.7 Å². The van der Waals surface area contributed by atoms with Gasteiger partial charge in [-0.25, -0.2) is 8.78 Å². The molecule has 0 aromatic heterocycles. The molecule has 108 valence electrons. The molecule has 4 heteroatoms. The lowest BCUT2D eigenvalue weighted by Crippen LogP contribution is -2.25. The summed E-state index contributed by atoms with van der Waals surface area (Å²) in [5, 5.41) is 12.2. The number of hydrogen-bond acceptors (Lipinski definition) is 2. The van der Waals surface area contributed by atoms with Gasteiger partial charge < -0.3 is 10.4 Å². The molecule has 1 unspecified atom stereocenters. The normalized spacial score (nSPS) is 12.9. The lowest BCUT2D eigenvalue weighted by molar-refractivity contribution is 0.239. The van der Waals surface area contributed by atoms with Crippen LogP contribution >= 0.6 is 0 Å². The maximum Gasteiger partial charge on any atom is 0.163 e. The van der Waals surface area contributed by atoms with Crippen LogP contribution in [-0.2, 0) is 6.54 Å². The van der Waals surface area contributed by atoms with Gasteiger partial charge in [0.05, 0.1) is 0 Å². The van der Waals surface area contributed by atoms with Crippen molar-refractivity contribution in [2.24, 2.45) is 11.8 Å². The predicted octanol–water partition coefficient (Wildman–Crippen LogP) is 3.10. The molecule has 0 fully saturated rings. The van der Waals surface area contributed by atoms with Crippen molar-refractivity contribution < 1.29 is 13.9 Å². The lowest BCUT2D eigenvalue weighted by atomic mass is 9.94. The summed E-state index contributed by atoms with van der Waals surface area (Å²) in [4.78, 5) is 0. The zero-order valence-corrected chi connectivity index (χ0v) is 11.6. The number of hydrogen-bond donors (Lipinski definition) is 2. The van der Waals surface area contributed by atoms with Crippen molar-refractivity contribution in [2.45, 2.75) is 33.2 Å². The summed E-state index contributed by atoms with van der Waals surface area (Å²) in [7, 11) is 0. The summed E-state index contributed by atoms with van der Waals surface area (Å²) in [5.41, 5.74) is 0.340. The first-order chi connectivity index (χ1) is 9.04. The van der Waals surface area contributed by atoms with Crippen LogP contribution in [0.25, 0.3) is 0 Å². The van der Waals surface area contributed by atoms with Gasteiger partial charge in [-0.2, -0.15) is 0 Å². The Labute approximate surface area is 113 Å². The minimum atomic E-state index is -0.812. The van der Waals surface area contributed by atoms with Crippen LogP contribution < -0.4 is 5.32 Å². The second-order valence-corrected chi connectivity index (χ2v) is 5.35. The molecule has 19 heavy (non-hydrogen) atoms. The monoisotopic (exact) mass is 271 g/mol. The highest BCUT2D eigenvalue weighted by atomic mass is 19.2. The predicted molar refractivity (Wildman–Crippen MR) is 72.7 cm³/mol. The second-order valence-electron chi connectivity index (χ2n) is 5.35. The van der Waals surface area contributed by atoms with Crippen molar-refractivity contribution in [3.05, 3.63) is 35.4 Å². The minimum absolute atomic E-state index is 0.160. The fourth-order valence-electron chi connectivity index (χ4n) is 2.25. The number of halogens is 2. The Balaban J connectivity index is 2.45. The molecule has 1 aromatic rings. The van der Waals surface area contributed by atoms with Crippen LogP contribution in [0.5, 0.6) is 0 Å². The first-order valence-electron chi connectivity index (χ1n) is 6.79. The molecule has 0 aliphatic heterocycles. The van der Waals surface area contributed by atoms with Crippen molar-refractivity contribution in [2.75, 3.05) is 13.2 Å². The Morgan fingerprint density at radius 2 is 2.00 bits per heavy atom. The molecule has 0 aliphatic rings. The summed E-state index contributed by atoms with van der Waals surface area (Å²) in [6.07, 6.45) is 1.75. The fraction of sp³-hybridized carbons (Fsp3) is 0.600. The third-order valence-electron chi connectivity index (χ3n) is 3.12. The highest BCUT2D eigenvalue weighted by Crippen LogP contribution is 2.15. The van der Waals surface area contributed by atoms with Crippen LogP contribution in [0.2, 0.25) is 0 Å². The van der Waals surface area contributed by atoms with E-state index in [1.54, 1.807) is 6.07 Å². The summed E-state index contributed by atoms with van der Waals surface area (Å²) in [6.45, 7) is 5.44. The van der Waals surface area contributed by atoms with Gasteiger partial charge in [-0.3, -0.25) is 0 Å². The molecular weight excluding hydrogens is 248 g/mol. The lowest BCUT2D eigenvalue weighted by Gasteiger charge is -2.18. The molecule has 0 heterocycles. The molecule has 1 aromatic carbocycles. The Bertz CT molecular complexity index is 382. The topological polar surface area (TPSA) is 32.3 Å². The van der Waals surface area contributed by atoms with Crippen molar-refractivity contribution in [1.82, 2.24) is 5.32 Å². The van der Waals surface area contributed by atoms with Crippen LogP contribution in [0.4, 0.5) is 8.78 Å². The van der Waals surface area contributed by atoms with Gasteiger partial charge in [0.15, 0.2) is 11.6 Å². The summed E-state index contributed by atoms with van der Waals surface area (Å²) in [6, 6.07) is 4.20. The zero-order valence-electron chi connectivity index (χ0n) is 11.6. The van der Waals surface area contributed by atoms with E-state index in [-0.39, 0.29) is 6.61 Å². The van der Waals surface area contributed by atoms with Gasteiger partial charge in [-0.15, -0.1) is 0 Å². The van der Waals surface area contributed by atoms with Crippen LogP contribution in [0.15, 0.2) is 18.2 Å². The minimum Gasteiger partial charge on any atom is -0.396 e. The van der Waals surface area contributed by atoms with Crippen LogP contribution in [-0.4, -0.2) is 18.3 Å². The molecule has 0 radical (unpaired) electrons. The summed E-state index contributed by atoms with van der Waals surface area (Å²) >= 11 is 0. The standard InChI is InChI=1S/C15H23F2NO/c1-11(2)8-12(6-7-19)9-18-10-13-4-3-5-14(16)15(13)17/h3-5,11-12,18-19H,6-10H2,1-2H3.